The van der Waals surface area contributed by atoms with Gasteiger partial charge in [-0.15, -0.1) is 0 Å². The zero-order chi connectivity index (χ0) is 22.1. The Morgan fingerprint density at radius 2 is 2.00 bits per heavy atom. The smallest absolute Gasteiger partial charge is 0.0811 e. The predicted molar refractivity (Wildman–Crippen MR) is 121 cm³/mol. The largest absolute Gasteiger partial charge is 0.393 e. The van der Waals surface area contributed by atoms with Crippen LogP contribution in [0.1, 0.15) is 79.1 Å². The predicted octanol–water partition coefficient (Wildman–Crippen LogP) is 4.69. The molecule has 0 aromatic rings. The molecule has 0 heterocycles. The Morgan fingerprint density at radius 3 is 2.70 bits per heavy atom. The summed E-state index contributed by atoms with van der Waals surface area (Å²) in [5.74, 6) is 1.11. The number of aliphatic hydroxyl groups excluding tert-OH is 2. The summed E-state index contributed by atoms with van der Waals surface area (Å²) in [5.41, 5.74) is 2.82. The Labute approximate surface area is 182 Å². The van der Waals surface area contributed by atoms with Crippen molar-refractivity contribution < 1.29 is 20.1 Å². The molecule has 4 heteroatoms. The minimum absolute atomic E-state index is 0.198. The summed E-state index contributed by atoms with van der Waals surface area (Å²) in [5, 5.41) is 30.1. The number of hydrogen-bond acceptors (Lipinski definition) is 4. The SMILES string of the molecule is C=C1/C(=C/C=C2\CCC[C@]3(C)[C@@H]([C@H](C)OCCC(C)(C)O)CC[C@@H]23)C[C@@H](O)C[C@H]1O. The Bertz CT molecular complexity index is 686. The number of aliphatic hydroxyl groups is 3. The van der Waals surface area contributed by atoms with Gasteiger partial charge in [0, 0.05) is 13.0 Å². The molecule has 0 saturated heterocycles. The monoisotopic (exact) mass is 418 g/mol. The van der Waals surface area contributed by atoms with Crippen LogP contribution in [-0.2, 0) is 4.74 Å². The van der Waals surface area contributed by atoms with Gasteiger partial charge in [0.25, 0.3) is 0 Å². The molecule has 0 radical (unpaired) electrons. The molecule has 170 valence electrons. The van der Waals surface area contributed by atoms with Crippen molar-refractivity contribution in [1.82, 2.24) is 0 Å². The van der Waals surface area contributed by atoms with Gasteiger partial charge in [-0.3, -0.25) is 0 Å². The summed E-state index contributed by atoms with van der Waals surface area (Å²) in [6.45, 7) is 13.0. The van der Waals surface area contributed by atoms with Gasteiger partial charge < -0.3 is 20.1 Å². The molecule has 3 N–H and O–H groups in total. The lowest BCUT2D eigenvalue weighted by Gasteiger charge is -2.44. The second kappa shape index (κ2) is 9.28. The lowest BCUT2D eigenvalue weighted by molar-refractivity contribution is -0.0454. The second-order valence-electron chi connectivity index (χ2n) is 10.8. The maximum atomic E-state index is 10.1. The maximum absolute atomic E-state index is 10.1. The highest BCUT2D eigenvalue weighted by Crippen LogP contribution is 2.58. The van der Waals surface area contributed by atoms with Crippen molar-refractivity contribution in [3.63, 3.8) is 0 Å². The third-order valence-corrected chi connectivity index (χ3v) is 7.96. The average molecular weight is 419 g/mol. The van der Waals surface area contributed by atoms with Gasteiger partial charge in [0.05, 0.1) is 23.9 Å². The molecule has 3 rings (SSSR count). The molecule has 0 amide bonds. The van der Waals surface area contributed by atoms with E-state index in [9.17, 15) is 15.3 Å². The van der Waals surface area contributed by atoms with Gasteiger partial charge >= 0.3 is 0 Å². The van der Waals surface area contributed by atoms with Gasteiger partial charge in [0.1, 0.15) is 0 Å². The quantitative estimate of drug-likeness (QED) is 0.585. The van der Waals surface area contributed by atoms with Gasteiger partial charge in [0.2, 0.25) is 0 Å². The second-order valence-corrected chi connectivity index (χ2v) is 10.8. The van der Waals surface area contributed by atoms with E-state index in [0.717, 1.165) is 17.6 Å². The van der Waals surface area contributed by atoms with Crippen LogP contribution < -0.4 is 0 Å². The standard InChI is InChI=1S/C26H42O4/c1-17-20(15-21(27)16-24(17)28)9-8-19-7-6-12-26(5)22(10-11-23(19)26)18(2)30-14-13-25(3,4)29/h8-9,18,21-24,27-29H,1,6-7,10-16H2,2-5H3/b19-8+,20-9+/t18-,21+,22+,23-,24+,26+/m0/s1. The van der Waals surface area contributed by atoms with E-state index in [1.807, 2.05) is 13.8 Å². The molecule has 3 saturated carbocycles. The zero-order valence-corrected chi connectivity index (χ0v) is 19.4. The molecule has 6 atom stereocenters. The fraction of sp³-hybridized carbons (Fsp3) is 0.769. The van der Waals surface area contributed by atoms with Crippen LogP contribution in [0.3, 0.4) is 0 Å². The van der Waals surface area contributed by atoms with Gasteiger partial charge in [-0.25, -0.2) is 0 Å². The van der Waals surface area contributed by atoms with E-state index in [0.29, 0.717) is 37.7 Å². The molecule has 30 heavy (non-hydrogen) atoms. The molecule has 3 aliphatic rings. The average Bonchev–Trinajstić information content (AvgIpc) is 3.00. The first-order valence-corrected chi connectivity index (χ1v) is 11.8. The van der Waals surface area contributed by atoms with Crippen LogP contribution in [0.2, 0.25) is 0 Å². The molecule has 0 spiro atoms. The highest BCUT2D eigenvalue weighted by atomic mass is 16.5. The van der Waals surface area contributed by atoms with Crippen LogP contribution in [0.15, 0.2) is 35.5 Å². The van der Waals surface area contributed by atoms with E-state index >= 15 is 0 Å². The van der Waals surface area contributed by atoms with Gasteiger partial charge in [-0.1, -0.05) is 31.2 Å². The highest BCUT2D eigenvalue weighted by Gasteiger charge is 2.51. The Morgan fingerprint density at radius 1 is 1.27 bits per heavy atom. The zero-order valence-electron chi connectivity index (χ0n) is 19.4. The topological polar surface area (TPSA) is 69.9 Å². The molecule has 4 nitrogen and oxygen atoms in total. The lowest BCUT2D eigenvalue weighted by atomic mass is 9.62. The minimum Gasteiger partial charge on any atom is -0.393 e. The molecular formula is C26H42O4. The van der Waals surface area contributed by atoms with Gasteiger partial charge in [0.15, 0.2) is 0 Å². The minimum atomic E-state index is -0.680. The van der Waals surface area contributed by atoms with Gasteiger partial charge in [-0.05, 0) is 94.1 Å². The molecular weight excluding hydrogens is 376 g/mol. The van der Waals surface area contributed by atoms with Crippen LogP contribution in [0.5, 0.6) is 0 Å². The number of allylic oxidation sites excluding steroid dienone is 3. The first kappa shape index (κ1) is 23.7. The fourth-order valence-corrected chi connectivity index (χ4v) is 6.13. The number of ether oxygens (including phenoxy) is 1. The molecule has 0 aromatic carbocycles. The first-order chi connectivity index (χ1) is 14.0. The highest BCUT2D eigenvalue weighted by molar-refractivity contribution is 5.38. The first-order valence-electron chi connectivity index (χ1n) is 11.8. The summed E-state index contributed by atoms with van der Waals surface area (Å²) in [7, 11) is 0. The van der Waals surface area contributed by atoms with E-state index in [2.05, 4.69) is 32.6 Å². The third kappa shape index (κ3) is 5.27. The van der Waals surface area contributed by atoms with Crippen LogP contribution >= 0.6 is 0 Å². The van der Waals surface area contributed by atoms with Crippen molar-refractivity contribution in [2.45, 2.75) is 103 Å². The molecule has 0 aromatic heterocycles. The van der Waals surface area contributed by atoms with E-state index in [-0.39, 0.29) is 11.5 Å². The van der Waals surface area contributed by atoms with Crippen LogP contribution in [0.25, 0.3) is 0 Å². The van der Waals surface area contributed by atoms with Crippen LogP contribution in [-0.4, -0.2) is 45.8 Å². The number of fused-ring (bicyclic) bond motifs is 1. The van der Waals surface area contributed by atoms with Crippen molar-refractivity contribution in [3.8, 4) is 0 Å². The Balaban J connectivity index is 1.70. The molecule has 0 bridgehead atoms. The summed E-state index contributed by atoms with van der Waals surface area (Å²) in [6.07, 6.45) is 11.0. The van der Waals surface area contributed by atoms with E-state index in [1.54, 1.807) is 0 Å². The van der Waals surface area contributed by atoms with Gasteiger partial charge in [-0.2, -0.15) is 0 Å². The van der Waals surface area contributed by atoms with Crippen molar-refractivity contribution in [2.75, 3.05) is 6.61 Å². The lowest BCUT2D eigenvalue weighted by Crippen LogP contribution is -2.39. The summed E-state index contributed by atoms with van der Waals surface area (Å²) < 4.78 is 6.19. The summed E-state index contributed by atoms with van der Waals surface area (Å²) in [4.78, 5) is 0. The van der Waals surface area contributed by atoms with Crippen molar-refractivity contribution in [2.24, 2.45) is 17.3 Å². The maximum Gasteiger partial charge on any atom is 0.0811 e. The van der Waals surface area contributed by atoms with E-state index in [1.165, 1.54) is 31.3 Å². The van der Waals surface area contributed by atoms with Crippen LogP contribution in [0.4, 0.5) is 0 Å². The molecule has 3 fully saturated rings. The number of rotatable bonds is 6. The van der Waals surface area contributed by atoms with Crippen molar-refractivity contribution >= 4 is 0 Å². The van der Waals surface area contributed by atoms with Crippen molar-refractivity contribution in [3.05, 3.63) is 35.5 Å². The third-order valence-electron chi connectivity index (χ3n) is 7.96. The summed E-state index contributed by atoms with van der Waals surface area (Å²) in [6, 6.07) is 0. The fourth-order valence-electron chi connectivity index (χ4n) is 6.13. The van der Waals surface area contributed by atoms with E-state index in [4.69, 9.17) is 4.74 Å². The van der Waals surface area contributed by atoms with E-state index < -0.39 is 17.8 Å². The summed E-state index contributed by atoms with van der Waals surface area (Å²) >= 11 is 0. The normalized spacial score (nSPS) is 38.8. The van der Waals surface area contributed by atoms with Crippen molar-refractivity contribution in [1.29, 1.82) is 0 Å². The number of hydrogen-bond donors (Lipinski definition) is 3. The van der Waals surface area contributed by atoms with Crippen LogP contribution in [0, 0.1) is 17.3 Å². The Kier molecular flexibility index (Phi) is 7.33. The molecule has 3 aliphatic carbocycles. The molecule has 0 unspecified atom stereocenters. The Hall–Kier alpha value is -0.940. The molecule has 0 aliphatic heterocycles.